The number of rotatable bonds is 3. The van der Waals surface area contributed by atoms with E-state index < -0.39 is 12.1 Å². The Morgan fingerprint density at radius 2 is 1.71 bits per heavy atom. The first kappa shape index (κ1) is 22.9. The van der Waals surface area contributed by atoms with Gasteiger partial charge < -0.3 is 14.7 Å². The molecule has 1 spiro atoms. The Bertz CT molecular complexity index is 528. The van der Waals surface area contributed by atoms with Gasteiger partial charge in [0.1, 0.15) is 0 Å². The molecule has 3 rings (SSSR count). The lowest BCUT2D eigenvalue weighted by Gasteiger charge is -2.51. The molecule has 162 valence electrons. The molecule has 1 N–H and O–H groups in total. The highest BCUT2D eigenvalue weighted by Gasteiger charge is 2.42. The summed E-state index contributed by atoms with van der Waals surface area (Å²) in [7, 11) is 0. The molecule has 3 fully saturated rings. The summed E-state index contributed by atoms with van der Waals surface area (Å²) in [6.45, 7) is 7.94. The van der Waals surface area contributed by atoms with Crippen molar-refractivity contribution in [3.05, 3.63) is 0 Å². The number of morpholine rings is 1. The molecule has 1 aliphatic carbocycles. The molecule has 0 atom stereocenters. The van der Waals surface area contributed by atoms with Crippen molar-refractivity contribution >= 4 is 11.9 Å². The van der Waals surface area contributed by atoms with Crippen LogP contribution in [0.4, 0.5) is 13.2 Å². The molecular formula is C19H31F3N2O4. The minimum atomic E-state index is -5.08. The van der Waals surface area contributed by atoms with Crippen LogP contribution < -0.4 is 0 Å². The molecule has 28 heavy (non-hydrogen) atoms. The van der Waals surface area contributed by atoms with Crippen molar-refractivity contribution in [1.82, 2.24) is 9.80 Å². The van der Waals surface area contributed by atoms with E-state index in [9.17, 15) is 18.0 Å². The minimum Gasteiger partial charge on any atom is -0.475 e. The fourth-order valence-corrected chi connectivity index (χ4v) is 4.48. The van der Waals surface area contributed by atoms with Crippen molar-refractivity contribution in [3.8, 4) is 0 Å². The number of alkyl halides is 3. The number of nitrogens with zero attached hydrogens (tertiary/aromatic N) is 2. The number of carbonyl (C=O) groups excluding carboxylic acids is 1. The standard InChI is InChI=1S/C17H30N2O2.C2HF3O2/c1-2-19-11-12-21-14-17(19)7-9-18(10-8-17)16(20)13-15-5-3-4-6-15;3-2(4,5)1(6)7/h15H,2-14H2,1H3;(H,6,7). The highest BCUT2D eigenvalue weighted by Crippen LogP contribution is 2.33. The van der Waals surface area contributed by atoms with Crippen LogP contribution in [0.2, 0.25) is 0 Å². The van der Waals surface area contributed by atoms with Gasteiger partial charge in [-0.3, -0.25) is 9.69 Å². The maximum Gasteiger partial charge on any atom is 0.490 e. The Labute approximate surface area is 164 Å². The smallest absolute Gasteiger partial charge is 0.475 e. The number of carboxylic acid groups (broad SMARTS) is 1. The second-order valence-electron chi connectivity index (χ2n) is 7.89. The highest BCUT2D eigenvalue weighted by molar-refractivity contribution is 5.76. The summed E-state index contributed by atoms with van der Waals surface area (Å²) in [4.78, 5) is 26.0. The molecular weight excluding hydrogens is 377 g/mol. The van der Waals surface area contributed by atoms with E-state index in [4.69, 9.17) is 14.6 Å². The number of likely N-dealkylation sites (N-methyl/N-ethyl adjacent to an activating group) is 1. The molecule has 1 amide bonds. The Morgan fingerprint density at radius 3 is 2.21 bits per heavy atom. The van der Waals surface area contributed by atoms with Crippen LogP contribution in [0.1, 0.15) is 51.9 Å². The molecule has 0 aromatic rings. The molecule has 0 radical (unpaired) electrons. The first-order valence-electron chi connectivity index (χ1n) is 10.1. The molecule has 1 saturated carbocycles. The molecule has 2 aliphatic heterocycles. The van der Waals surface area contributed by atoms with Crippen LogP contribution in [-0.2, 0) is 14.3 Å². The Hall–Kier alpha value is -1.35. The Kier molecular flexibility index (Phi) is 8.12. The Morgan fingerprint density at radius 1 is 1.14 bits per heavy atom. The number of halogens is 3. The topological polar surface area (TPSA) is 70.1 Å². The van der Waals surface area contributed by atoms with E-state index in [1.807, 2.05) is 0 Å². The number of carbonyl (C=O) groups is 2. The summed E-state index contributed by atoms with van der Waals surface area (Å²) in [6, 6.07) is 0. The third kappa shape index (κ3) is 6.07. The van der Waals surface area contributed by atoms with E-state index in [1.165, 1.54) is 25.7 Å². The molecule has 3 aliphatic rings. The highest BCUT2D eigenvalue weighted by atomic mass is 19.4. The van der Waals surface area contributed by atoms with Gasteiger partial charge >= 0.3 is 12.1 Å². The van der Waals surface area contributed by atoms with Crippen molar-refractivity contribution in [1.29, 1.82) is 0 Å². The van der Waals surface area contributed by atoms with E-state index in [2.05, 4.69) is 16.7 Å². The van der Waals surface area contributed by atoms with Crippen LogP contribution >= 0.6 is 0 Å². The first-order valence-corrected chi connectivity index (χ1v) is 10.1. The van der Waals surface area contributed by atoms with E-state index in [0.717, 1.165) is 58.7 Å². The summed E-state index contributed by atoms with van der Waals surface area (Å²) in [5, 5.41) is 7.12. The van der Waals surface area contributed by atoms with Crippen LogP contribution in [-0.4, -0.2) is 77.9 Å². The number of amides is 1. The number of ether oxygens (including phenoxy) is 1. The summed E-state index contributed by atoms with van der Waals surface area (Å²) >= 11 is 0. The lowest BCUT2D eigenvalue weighted by molar-refractivity contribution is -0.192. The van der Waals surface area contributed by atoms with Gasteiger partial charge in [0.15, 0.2) is 0 Å². The van der Waals surface area contributed by atoms with Crippen LogP contribution in [0, 0.1) is 5.92 Å². The van der Waals surface area contributed by atoms with Crippen LogP contribution in [0.15, 0.2) is 0 Å². The molecule has 2 heterocycles. The van der Waals surface area contributed by atoms with Crippen LogP contribution in [0.5, 0.6) is 0 Å². The van der Waals surface area contributed by atoms with Gasteiger partial charge in [0.2, 0.25) is 5.91 Å². The zero-order valence-electron chi connectivity index (χ0n) is 16.5. The second kappa shape index (κ2) is 9.91. The van der Waals surface area contributed by atoms with Crippen molar-refractivity contribution in [2.75, 3.05) is 39.4 Å². The average molecular weight is 408 g/mol. The number of carboxylic acids is 1. The summed E-state index contributed by atoms with van der Waals surface area (Å²) in [5.74, 6) is -1.69. The first-order chi connectivity index (χ1) is 13.2. The number of aliphatic carboxylic acids is 1. The normalized spacial score (nSPS) is 23.4. The van der Waals surface area contributed by atoms with Crippen molar-refractivity contribution in [3.63, 3.8) is 0 Å². The second-order valence-corrected chi connectivity index (χ2v) is 7.89. The van der Waals surface area contributed by atoms with Crippen LogP contribution in [0.25, 0.3) is 0 Å². The fraction of sp³-hybridized carbons (Fsp3) is 0.895. The lowest BCUT2D eigenvalue weighted by atomic mass is 9.85. The third-order valence-corrected chi connectivity index (χ3v) is 6.16. The largest absolute Gasteiger partial charge is 0.490 e. The van der Waals surface area contributed by atoms with Gasteiger partial charge in [-0.25, -0.2) is 4.79 Å². The predicted octanol–water partition coefficient (Wildman–Crippen LogP) is 2.91. The maximum absolute atomic E-state index is 12.5. The predicted molar refractivity (Wildman–Crippen MR) is 96.9 cm³/mol. The fourth-order valence-electron chi connectivity index (χ4n) is 4.48. The number of likely N-dealkylation sites (tertiary alicyclic amines) is 1. The van der Waals surface area contributed by atoms with Gasteiger partial charge in [0.25, 0.3) is 0 Å². The summed E-state index contributed by atoms with van der Waals surface area (Å²) < 4.78 is 37.5. The monoisotopic (exact) mass is 408 g/mol. The van der Waals surface area contributed by atoms with Gasteiger partial charge in [0, 0.05) is 31.6 Å². The third-order valence-electron chi connectivity index (χ3n) is 6.16. The molecule has 0 unspecified atom stereocenters. The number of hydrogen-bond acceptors (Lipinski definition) is 4. The quantitative estimate of drug-likeness (QED) is 0.778. The lowest BCUT2D eigenvalue weighted by Crippen LogP contribution is -2.61. The van der Waals surface area contributed by atoms with Gasteiger partial charge in [-0.1, -0.05) is 19.8 Å². The van der Waals surface area contributed by atoms with Gasteiger partial charge in [-0.15, -0.1) is 0 Å². The molecule has 2 saturated heterocycles. The van der Waals surface area contributed by atoms with E-state index in [0.29, 0.717) is 11.8 Å². The van der Waals surface area contributed by atoms with Gasteiger partial charge in [-0.05, 0) is 38.1 Å². The summed E-state index contributed by atoms with van der Waals surface area (Å²) in [5.41, 5.74) is 0.205. The molecule has 0 bridgehead atoms. The summed E-state index contributed by atoms with van der Waals surface area (Å²) in [6.07, 6.45) is 3.05. The number of piperidine rings is 1. The van der Waals surface area contributed by atoms with E-state index in [1.54, 1.807) is 0 Å². The molecule has 6 nitrogen and oxygen atoms in total. The zero-order valence-corrected chi connectivity index (χ0v) is 16.5. The minimum absolute atomic E-state index is 0.205. The average Bonchev–Trinajstić information content (AvgIpc) is 3.15. The maximum atomic E-state index is 12.5. The molecule has 0 aromatic carbocycles. The van der Waals surface area contributed by atoms with Gasteiger partial charge in [-0.2, -0.15) is 13.2 Å². The van der Waals surface area contributed by atoms with Gasteiger partial charge in [0.05, 0.1) is 13.2 Å². The molecule has 9 heteroatoms. The Balaban J connectivity index is 0.000000345. The SMILES string of the molecule is CCN1CCOCC12CCN(C(=O)CC1CCCC1)CC2.O=C(O)C(F)(F)F. The van der Waals surface area contributed by atoms with Crippen molar-refractivity contribution < 1.29 is 32.6 Å². The molecule has 0 aromatic heterocycles. The van der Waals surface area contributed by atoms with E-state index in [-0.39, 0.29) is 5.54 Å². The van der Waals surface area contributed by atoms with Crippen molar-refractivity contribution in [2.24, 2.45) is 5.92 Å². The van der Waals surface area contributed by atoms with E-state index >= 15 is 0 Å². The zero-order chi connectivity index (χ0) is 20.8. The van der Waals surface area contributed by atoms with Crippen molar-refractivity contribution in [2.45, 2.75) is 63.6 Å². The van der Waals surface area contributed by atoms with Crippen LogP contribution in [0.3, 0.4) is 0 Å². The number of hydrogen-bond donors (Lipinski definition) is 1.